The summed E-state index contributed by atoms with van der Waals surface area (Å²) in [5, 5.41) is 0.706. The highest BCUT2D eigenvalue weighted by Crippen LogP contribution is 2.35. The van der Waals surface area contributed by atoms with Gasteiger partial charge in [-0.05, 0) is 49.4 Å². The van der Waals surface area contributed by atoms with Crippen molar-refractivity contribution in [2.24, 2.45) is 0 Å². The number of rotatable bonds is 5. The van der Waals surface area contributed by atoms with Crippen LogP contribution in [0.15, 0.2) is 77.7 Å². The fraction of sp³-hybridized carbons (Fsp3) is 0.0870. The Hall–Kier alpha value is -3.38. The zero-order valence-electron chi connectivity index (χ0n) is 16.0. The lowest BCUT2D eigenvalue weighted by atomic mass is 10.0. The van der Waals surface area contributed by atoms with Crippen LogP contribution in [0.5, 0.6) is 5.75 Å². The molecule has 5 nitrogen and oxygen atoms in total. The van der Waals surface area contributed by atoms with Crippen molar-refractivity contribution in [1.82, 2.24) is 3.97 Å². The van der Waals surface area contributed by atoms with E-state index in [1.165, 1.54) is 3.97 Å². The monoisotopic (exact) mass is 405 g/mol. The highest BCUT2D eigenvalue weighted by molar-refractivity contribution is 7.90. The van der Waals surface area contributed by atoms with Gasteiger partial charge in [-0.25, -0.2) is 12.4 Å². The fourth-order valence-corrected chi connectivity index (χ4v) is 4.98. The Balaban J connectivity index is 2.12. The smallest absolute Gasteiger partial charge is 0.268 e. The van der Waals surface area contributed by atoms with Crippen molar-refractivity contribution in [3.8, 4) is 17.0 Å². The molecule has 3 aromatic carbocycles. The van der Waals surface area contributed by atoms with Gasteiger partial charge in [0.15, 0.2) is 6.29 Å². The molecule has 0 fully saturated rings. The number of fused-ring (bicyclic) bond motifs is 1. The van der Waals surface area contributed by atoms with Crippen LogP contribution in [0.3, 0.4) is 0 Å². The molecular formula is C23H19NO4S. The first-order valence-corrected chi connectivity index (χ1v) is 10.5. The number of ether oxygens (including phenoxy) is 1. The predicted molar refractivity (Wildman–Crippen MR) is 113 cm³/mol. The number of hydrogen-bond donors (Lipinski definition) is 0. The van der Waals surface area contributed by atoms with Crippen molar-refractivity contribution in [3.05, 3.63) is 83.9 Å². The van der Waals surface area contributed by atoms with Gasteiger partial charge in [-0.1, -0.05) is 35.9 Å². The minimum atomic E-state index is -3.90. The molecule has 0 aliphatic carbocycles. The highest BCUT2D eigenvalue weighted by atomic mass is 32.2. The molecule has 0 bridgehead atoms. The summed E-state index contributed by atoms with van der Waals surface area (Å²) in [6, 6.07) is 20.6. The van der Waals surface area contributed by atoms with Crippen LogP contribution in [0, 0.1) is 6.92 Å². The van der Waals surface area contributed by atoms with Gasteiger partial charge >= 0.3 is 0 Å². The van der Waals surface area contributed by atoms with Crippen LogP contribution in [-0.4, -0.2) is 25.8 Å². The van der Waals surface area contributed by atoms with Gasteiger partial charge in [0.2, 0.25) is 0 Å². The summed E-state index contributed by atoms with van der Waals surface area (Å²) in [6.45, 7) is 1.90. The molecule has 0 amide bonds. The van der Waals surface area contributed by atoms with Gasteiger partial charge < -0.3 is 4.74 Å². The third-order valence-electron chi connectivity index (χ3n) is 4.86. The lowest BCUT2D eigenvalue weighted by molar-refractivity contribution is 0.112. The quantitative estimate of drug-likeness (QED) is 0.453. The number of benzene rings is 3. The SMILES string of the molecule is COc1ccc2c(c1)cc(-c1cc(C)ccc1C=O)n2S(=O)(=O)c1ccccc1. The molecule has 0 saturated heterocycles. The van der Waals surface area contributed by atoms with Crippen molar-refractivity contribution < 1.29 is 17.9 Å². The zero-order valence-corrected chi connectivity index (χ0v) is 16.8. The van der Waals surface area contributed by atoms with E-state index in [2.05, 4.69) is 0 Å². The minimum Gasteiger partial charge on any atom is -0.497 e. The number of hydrogen-bond acceptors (Lipinski definition) is 4. The van der Waals surface area contributed by atoms with E-state index in [0.29, 0.717) is 33.5 Å². The van der Waals surface area contributed by atoms with Crippen LogP contribution < -0.4 is 4.74 Å². The van der Waals surface area contributed by atoms with E-state index in [1.54, 1.807) is 67.8 Å². The number of carbonyl (C=O) groups excluding carboxylic acids is 1. The molecule has 1 aromatic heterocycles. The van der Waals surface area contributed by atoms with Crippen molar-refractivity contribution in [3.63, 3.8) is 0 Å². The Kier molecular flexibility index (Phi) is 4.72. The molecule has 1 heterocycles. The van der Waals surface area contributed by atoms with Crippen LogP contribution in [0.25, 0.3) is 22.2 Å². The molecule has 4 rings (SSSR count). The maximum absolute atomic E-state index is 13.6. The average molecular weight is 405 g/mol. The summed E-state index contributed by atoms with van der Waals surface area (Å²) < 4.78 is 33.8. The molecule has 4 aromatic rings. The van der Waals surface area contributed by atoms with E-state index < -0.39 is 10.0 Å². The van der Waals surface area contributed by atoms with Crippen LogP contribution in [0.4, 0.5) is 0 Å². The number of carbonyl (C=O) groups is 1. The van der Waals surface area contributed by atoms with Crippen molar-refractivity contribution in [2.75, 3.05) is 7.11 Å². The van der Waals surface area contributed by atoms with E-state index in [0.717, 1.165) is 11.8 Å². The van der Waals surface area contributed by atoms with Crippen molar-refractivity contribution in [1.29, 1.82) is 0 Å². The maximum atomic E-state index is 13.6. The normalized spacial score (nSPS) is 11.5. The largest absolute Gasteiger partial charge is 0.497 e. The lowest BCUT2D eigenvalue weighted by Gasteiger charge is -2.14. The minimum absolute atomic E-state index is 0.176. The number of methoxy groups -OCH3 is 1. The first kappa shape index (κ1) is 19.0. The standard InChI is InChI=1S/C23H19NO4S/c1-16-8-9-17(15-25)21(12-16)23-14-18-13-19(28-2)10-11-22(18)24(23)29(26,27)20-6-4-3-5-7-20/h3-15H,1-2H3. The number of aryl methyl sites for hydroxylation is 1. The van der Waals surface area contributed by atoms with Gasteiger partial charge in [-0.15, -0.1) is 0 Å². The van der Waals surface area contributed by atoms with Gasteiger partial charge in [-0.3, -0.25) is 4.79 Å². The molecule has 0 N–H and O–H groups in total. The molecule has 0 aliphatic heterocycles. The van der Waals surface area contributed by atoms with Crippen LogP contribution in [-0.2, 0) is 10.0 Å². The summed E-state index contributed by atoms with van der Waals surface area (Å²) >= 11 is 0. The van der Waals surface area contributed by atoms with Gasteiger partial charge in [0, 0.05) is 16.5 Å². The Morgan fingerprint density at radius 1 is 0.931 bits per heavy atom. The zero-order chi connectivity index (χ0) is 20.6. The molecule has 0 spiro atoms. The van der Waals surface area contributed by atoms with E-state index in [1.807, 2.05) is 19.1 Å². The van der Waals surface area contributed by atoms with Gasteiger partial charge in [0.25, 0.3) is 10.0 Å². The highest BCUT2D eigenvalue weighted by Gasteiger charge is 2.25. The Morgan fingerprint density at radius 3 is 2.38 bits per heavy atom. The second kappa shape index (κ2) is 7.22. The predicted octanol–water partition coefficient (Wildman–Crippen LogP) is 4.67. The number of aromatic nitrogens is 1. The molecule has 0 saturated carbocycles. The first-order chi connectivity index (χ1) is 14.0. The summed E-state index contributed by atoms with van der Waals surface area (Å²) in [5.41, 5.74) is 2.87. The molecule has 0 unspecified atom stereocenters. The second-order valence-electron chi connectivity index (χ2n) is 6.75. The van der Waals surface area contributed by atoms with Crippen LogP contribution >= 0.6 is 0 Å². The number of aldehydes is 1. The topological polar surface area (TPSA) is 65.4 Å². The Bertz CT molecular complexity index is 1320. The summed E-state index contributed by atoms with van der Waals surface area (Å²) in [5.74, 6) is 0.623. The van der Waals surface area contributed by atoms with Crippen LogP contribution in [0.1, 0.15) is 15.9 Å². The third kappa shape index (κ3) is 3.21. The maximum Gasteiger partial charge on any atom is 0.268 e. The first-order valence-electron chi connectivity index (χ1n) is 9.02. The summed E-state index contributed by atoms with van der Waals surface area (Å²) in [4.78, 5) is 11.9. The van der Waals surface area contributed by atoms with E-state index in [9.17, 15) is 13.2 Å². The van der Waals surface area contributed by atoms with Gasteiger partial charge in [0.05, 0.1) is 23.2 Å². The molecular weight excluding hydrogens is 386 g/mol. The molecule has 6 heteroatoms. The second-order valence-corrected chi connectivity index (χ2v) is 8.53. The summed E-state index contributed by atoms with van der Waals surface area (Å²) in [7, 11) is -2.34. The summed E-state index contributed by atoms with van der Waals surface area (Å²) in [6.07, 6.45) is 0.743. The van der Waals surface area contributed by atoms with Crippen LogP contribution in [0.2, 0.25) is 0 Å². The van der Waals surface area contributed by atoms with Crippen molar-refractivity contribution in [2.45, 2.75) is 11.8 Å². The molecule has 0 radical (unpaired) electrons. The van der Waals surface area contributed by atoms with Gasteiger partial charge in [-0.2, -0.15) is 0 Å². The van der Waals surface area contributed by atoms with E-state index in [4.69, 9.17) is 4.74 Å². The molecule has 146 valence electrons. The molecule has 0 aliphatic rings. The fourth-order valence-electron chi connectivity index (χ4n) is 3.43. The van der Waals surface area contributed by atoms with E-state index >= 15 is 0 Å². The Labute approximate surface area is 169 Å². The lowest BCUT2D eigenvalue weighted by Crippen LogP contribution is -2.14. The molecule has 0 atom stereocenters. The Morgan fingerprint density at radius 2 is 1.69 bits per heavy atom. The van der Waals surface area contributed by atoms with E-state index in [-0.39, 0.29) is 4.90 Å². The molecule has 29 heavy (non-hydrogen) atoms. The van der Waals surface area contributed by atoms with Gasteiger partial charge in [0.1, 0.15) is 5.75 Å². The number of nitrogens with zero attached hydrogens (tertiary/aromatic N) is 1. The third-order valence-corrected chi connectivity index (χ3v) is 6.60. The van der Waals surface area contributed by atoms with Crippen molar-refractivity contribution >= 4 is 27.2 Å². The average Bonchev–Trinajstić information content (AvgIpc) is 3.13.